The van der Waals surface area contributed by atoms with E-state index in [9.17, 15) is 0 Å². The molecule has 2 heterocycles. The summed E-state index contributed by atoms with van der Waals surface area (Å²) in [4.78, 5) is 8.77. The number of hydrogen-bond donors (Lipinski definition) is 1. The predicted octanol–water partition coefficient (Wildman–Crippen LogP) is 2.75. The molecule has 3 rings (SSSR count). The Morgan fingerprint density at radius 2 is 2.26 bits per heavy atom. The standard InChI is InChI=1S/C13H15BrN4O/c1-15-10-4-2-3-9(10)13-17-12(18-19-13)11-6-5-8(14)7-16-11/h5-7,9-10,15H,2-4H2,1H3. The first-order valence-electron chi connectivity index (χ1n) is 6.40. The Morgan fingerprint density at radius 3 is 3.00 bits per heavy atom. The number of nitrogens with zero attached hydrogens (tertiary/aromatic N) is 3. The quantitative estimate of drug-likeness (QED) is 0.941. The highest BCUT2D eigenvalue weighted by Crippen LogP contribution is 2.34. The molecule has 1 saturated carbocycles. The molecule has 2 aromatic heterocycles. The Labute approximate surface area is 119 Å². The average Bonchev–Trinajstić information content (AvgIpc) is 3.07. The van der Waals surface area contributed by atoms with Gasteiger partial charge in [0.1, 0.15) is 5.69 Å². The van der Waals surface area contributed by atoms with Crippen LogP contribution in [0, 0.1) is 0 Å². The van der Waals surface area contributed by atoms with Gasteiger partial charge in [0.05, 0.1) is 5.92 Å². The highest BCUT2D eigenvalue weighted by Gasteiger charge is 2.31. The van der Waals surface area contributed by atoms with Crippen molar-refractivity contribution in [1.82, 2.24) is 20.4 Å². The Kier molecular flexibility index (Phi) is 3.61. The minimum atomic E-state index is 0.321. The van der Waals surface area contributed by atoms with Crippen LogP contribution in [0.25, 0.3) is 11.5 Å². The minimum absolute atomic E-state index is 0.321. The zero-order valence-electron chi connectivity index (χ0n) is 10.6. The second kappa shape index (κ2) is 5.38. The number of rotatable bonds is 3. The number of hydrogen-bond acceptors (Lipinski definition) is 5. The second-order valence-corrected chi connectivity index (χ2v) is 5.67. The number of pyridine rings is 1. The monoisotopic (exact) mass is 322 g/mol. The lowest BCUT2D eigenvalue weighted by molar-refractivity contribution is 0.335. The maximum atomic E-state index is 5.41. The number of nitrogens with one attached hydrogen (secondary N) is 1. The summed E-state index contributed by atoms with van der Waals surface area (Å²) in [6.07, 6.45) is 5.19. The van der Waals surface area contributed by atoms with Crippen molar-refractivity contribution in [3.63, 3.8) is 0 Å². The van der Waals surface area contributed by atoms with Gasteiger partial charge in [-0.3, -0.25) is 4.98 Å². The molecule has 2 unspecified atom stereocenters. The van der Waals surface area contributed by atoms with E-state index in [2.05, 4.69) is 36.4 Å². The van der Waals surface area contributed by atoms with Crippen molar-refractivity contribution in [2.75, 3.05) is 7.05 Å². The van der Waals surface area contributed by atoms with Crippen molar-refractivity contribution >= 4 is 15.9 Å². The summed E-state index contributed by atoms with van der Waals surface area (Å²) in [5, 5.41) is 7.36. The highest BCUT2D eigenvalue weighted by molar-refractivity contribution is 9.10. The van der Waals surface area contributed by atoms with E-state index in [1.165, 1.54) is 6.42 Å². The molecule has 19 heavy (non-hydrogen) atoms. The second-order valence-electron chi connectivity index (χ2n) is 4.75. The molecule has 0 amide bonds. The van der Waals surface area contributed by atoms with Crippen LogP contribution in [0.1, 0.15) is 31.1 Å². The number of likely N-dealkylation sites (N-methyl/N-ethyl adjacent to an activating group) is 1. The molecule has 5 nitrogen and oxygen atoms in total. The van der Waals surface area contributed by atoms with Gasteiger partial charge in [0.15, 0.2) is 0 Å². The van der Waals surface area contributed by atoms with E-state index in [1.54, 1.807) is 6.20 Å². The van der Waals surface area contributed by atoms with Gasteiger partial charge < -0.3 is 9.84 Å². The average molecular weight is 323 g/mol. The summed E-state index contributed by atoms with van der Waals surface area (Å²) >= 11 is 3.36. The molecule has 0 aromatic carbocycles. The molecule has 1 aliphatic rings. The van der Waals surface area contributed by atoms with E-state index < -0.39 is 0 Å². The maximum absolute atomic E-state index is 5.41. The highest BCUT2D eigenvalue weighted by atomic mass is 79.9. The first kappa shape index (κ1) is 12.7. The first-order chi connectivity index (χ1) is 9.28. The summed E-state index contributed by atoms with van der Waals surface area (Å²) in [7, 11) is 1.98. The summed E-state index contributed by atoms with van der Waals surface area (Å²) in [6.45, 7) is 0. The molecule has 1 fully saturated rings. The molecule has 0 radical (unpaired) electrons. The first-order valence-corrected chi connectivity index (χ1v) is 7.20. The fraction of sp³-hybridized carbons (Fsp3) is 0.462. The van der Waals surface area contributed by atoms with Gasteiger partial charge in [-0.05, 0) is 48.0 Å². The molecule has 2 atom stereocenters. The van der Waals surface area contributed by atoms with Crippen LogP contribution in [0.4, 0.5) is 0 Å². The minimum Gasteiger partial charge on any atom is -0.339 e. The van der Waals surface area contributed by atoms with Crippen LogP contribution in [0.2, 0.25) is 0 Å². The maximum Gasteiger partial charge on any atom is 0.231 e. The summed E-state index contributed by atoms with van der Waals surface area (Å²) in [5.74, 6) is 1.60. The van der Waals surface area contributed by atoms with Crippen LogP contribution in [-0.4, -0.2) is 28.2 Å². The van der Waals surface area contributed by atoms with Gasteiger partial charge in [0.2, 0.25) is 11.7 Å². The zero-order chi connectivity index (χ0) is 13.2. The van der Waals surface area contributed by atoms with Crippen LogP contribution in [0.3, 0.4) is 0 Å². The van der Waals surface area contributed by atoms with Crippen LogP contribution in [-0.2, 0) is 0 Å². The van der Waals surface area contributed by atoms with E-state index in [1.807, 2.05) is 19.2 Å². The smallest absolute Gasteiger partial charge is 0.231 e. The van der Waals surface area contributed by atoms with Crippen molar-refractivity contribution in [3.05, 3.63) is 28.7 Å². The third kappa shape index (κ3) is 2.55. The van der Waals surface area contributed by atoms with Gasteiger partial charge in [-0.1, -0.05) is 11.6 Å². The topological polar surface area (TPSA) is 63.8 Å². The molecule has 0 aliphatic heterocycles. The van der Waals surface area contributed by atoms with Crippen LogP contribution < -0.4 is 5.32 Å². The van der Waals surface area contributed by atoms with Gasteiger partial charge in [-0.2, -0.15) is 4.98 Å². The molecule has 0 saturated heterocycles. The van der Waals surface area contributed by atoms with E-state index >= 15 is 0 Å². The van der Waals surface area contributed by atoms with E-state index in [0.29, 0.717) is 17.8 Å². The van der Waals surface area contributed by atoms with Crippen molar-refractivity contribution in [2.45, 2.75) is 31.2 Å². The molecular weight excluding hydrogens is 308 g/mol. The lowest BCUT2D eigenvalue weighted by atomic mass is 10.0. The molecule has 1 aliphatic carbocycles. The molecule has 0 spiro atoms. The largest absolute Gasteiger partial charge is 0.339 e. The third-order valence-electron chi connectivity index (χ3n) is 3.60. The molecule has 6 heteroatoms. The Bertz CT molecular complexity index is 554. The van der Waals surface area contributed by atoms with Gasteiger partial charge >= 0.3 is 0 Å². The van der Waals surface area contributed by atoms with Crippen LogP contribution in [0.15, 0.2) is 27.3 Å². The lowest BCUT2D eigenvalue weighted by Gasteiger charge is -2.14. The predicted molar refractivity (Wildman–Crippen MR) is 74.7 cm³/mol. The molecule has 2 aromatic rings. The van der Waals surface area contributed by atoms with Gasteiger partial charge in [0, 0.05) is 16.7 Å². The fourth-order valence-corrected chi connectivity index (χ4v) is 2.83. The lowest BCUT2D eigenvalue weighted by Crippen LogP contribution is -2.27. The molecular formula is C13H15BrN4O. The Balaban J connectivity index is 1.85. The van der Waals surface area contributed by atoms with Crippen molar-refractivity contribution in [3.8, 4) is 11.5 Å². The third-order valence-corrected chi connectivity index (χ3v) is 4.07. The van der Waals surface area contributed by atoms with Crippen molar-refractivity contribution < 1.29 is 4.52 Å². The van der Waals surface area contributed by atoms with Crippen LogP contribution in [0.5, 0.6) is 0 Å². The Hall–Kier alpha value is -1.27. The molecule has 1 N–H and O–H groups in total. The van der Waals surface area contributed by atoms with E-state index in [0.717, 1.165) is 28.9 Å². The van der Waals surface area contributed by atoms with Crippen LogP contribution >= 0.6 is 15.9 Å². The van der Waals surface area contributed by atoms with Crippen molar-refractivity contribution in [2.24, 2.45) is 0 Å². The summed E-state index contributed by atoms with van der Waals surface area (Å²) in [6, 6.07) is 4.24. The normalized spacial score (nSPS) is 22.8. The van der Waals surface area contributed by atoms with E-state index in [-0.39, 0.29) is 0 Å². The van der Waals surface area contributed by atoms with Gasteiger partial charge in [-0.25, -0.2) is 0 Å². The zero-order valence-corrected chi connectivity index (χ0v) is 12.2. The number of aromatic nitrogens is 3. The van der Waals surface area contributed by atoms with Gasteiger partial charge in [-0.15, -0.1) is 0 Å². The van der Waals surface area contributed by atoms with E-state index in [4.69, 9.17) is 4.52 Å². The SMILES string of the molecule is CNC1CCCC1c1nc(-c2ccc(Br)cn2)no1. The number of halogens is 1. The fourth-order valence-electron chi connectivity index (χ4n) is 2.60. The summed E-state index contributed by atoms with van der Waals surface area (Å²) < 4.78 is 6.35. The Morgan fingerprint density at radius 1 is 1.37 bits per heavy atom. The summed E-state index contributed by atoms with van der Waals surface area (Å²) in [5.41, 5.74) is 0.734. The van der Waals surface area contributed by atoms with Crippen molar-refractivity contribution in [1.29, 1.82) is 0 Å². The molecule has 0 bridgehead atoms. The van der Waals surface area contributed by atoms with Gasteiger partial charge in [0.25, 0.3) is 0 Å². The molecule has 100 valence electrons.